The van der Waals surface area contributed by atoms with Crippen LogP contribution in [0.2, 0.25) is 0 Å². The predicted octanol–water partition coefficient (Wildman–Crippen LogP) is 2.64. The molecule has 0 aliphatic carbocycles. The van der Waals surface area contributed by atoms with E-state index in [9.17, 15) is 4.79 Å². The fourth-order valence-electron chi connectivity index (χ4n) is 3.07. The minimum Gasteiger partial charge on any atom is -0.490 e. The molecule has 1 aliphatic heterocycles. The van der Waals surface area contributed by atoms with E-state index in [2.05, 4.69) is 15.0 Å². The van der Waals surface area contributed by atoms with Gasteiger partial charge in [-0.1, -0.05) is 6.07 Å². The van der Waals surface area contributed by atoms with Gasteiger partial charge in [-0.2, -0.15) is 0 Å². The van der Waals surface area contributed by atoms with Gasteiger partial charge in [-0.05, 0) is 24.3 Å². The highest BCUT2D eigenvalue weighted by Crippen LogP contribution is 2.27. The van der Waals surface area contributed by atoms with E-state index in [0.29, 0.717) is 13.1 Å². The number of likely N-dealkylation sites (tertiary alicyclic amines) is 1. The zero-order valence-corrected chi connectivity index (χ0v) is 13.2. The third-order valence-electron chi connectivity index (χ3n) is 4.33. The summed E-state index contributed by atoms with van der Waals surface area (Å²) >= 11 is 0. The third kappa shape index (κ3) is 2.82. The molecule has 24 heavy (non-hydrogen) atoms. The first-order valence-corrected chi connectivity index (χ1v) is 8.10. The van der Waals surface area contributed by atoms with Crippen molar-refractivity contribution in [3.63, 3.8) is 0 Å². The van der Waals surface area contributed by atoms with Gasteiger partial charge < -0.3 is 14.6 Å². The van der Waals surface area contributed by atoms with Gasteiger partial charge in [0.05, 0.1) is 0 Å². The lowest BCUT2D eigenvalue weighted by Crippen LogP contribution is -2.42. The fourth-order valence-corrected chi connectivity index (χ4v) is 3.07. The first-order chi connectivity index (χ1) is 11.8. The number of benzene rings is 1. The molecule has 2 aromatic heterocycles. The number of nitrogens with one attached hydrogen (secondary N) is 1. The van der Waals surface area contributed by atoms with E-state index >= 15 is 0 Å². The van der Waals surface area contributed by atoms with E-state index in [0.717, 1.165) is 29.5 Å². The highest BCUT2D eigenvalue weighted by Gasteiger charge is 2.26. The largest absolute Gasteiger partial charge is 0.490 e. The third-order valence-corrected chi connectivity index (χ3v) is 4.33. The van der Waals surface area contributed by atoms with Crippen LogP contribution in [0.1, 0.15) is 23.5 Å². The maximum atomic E-state index is 12.4. The molecule has 4 rings (SSSR count). The lowest BCUT2D eigenvalue weighted by Gasteiger charge is -2.31. The number of nitrogens with zero attached hydrogens (tertiary/aromatic N) is 3. The summed E-state index contributed by atoms with van der Waals surface area (Å²) in [6.45, 7) is 1.32. The van der Waals surface area contributed by atoms with Gasteiger partial charge in [0, 0.05) is 55.4 Å². The number of hydrogen-bond acceptors (Lipinski definition) is 4. The highest BCUT2D eigenvalue weighted by atomic mass is 16.5. The zero-order chi connectivity index (χ0) is 16.4. The molecule has 122 valence electrons. The number of carbonyl (C=O) groups is 1. The van der Waals surface area contributed by atoms with Gasteiger partial charge >= 0.3 is 0 Å². The van der Waals surface area contributed by atoms with E-state index in [1.165, 1.54) is 0 Å². The Balaban J connectivity index is 1.40. The number of ether oxygens (including phenoxy) is 1. The standard InChI is InChI=1S/C18H18N4O2/c23-18(17-20-8-2-9-21-17)22-11-6-13(7-12-22)24-16-4-1-3-15-14(16)5-10-19-15/h1-5,8-10,13,19H,6-7,11-12H2. The van der Waals surface area contributed by atoms with Crippen molar-refractivity contribution in [3.05, 3.63) is 54.7 Å². The molecule has 1 aliphatic rings. The summed E-state index contributed by atoms with van der Waals surface area (Å²) in [6, 6.07) is 9.74. The second-order valence-electron chi connectivity index (χ2n) is 5.88. The number of amides is 1. The number of H-pyrrole nitrogens is 1. The molecule has 6 nitrogen and oxygen atoms in total. The Morgan fingerprint density at radius 2 is 1.92 bits per heavy atom. The number of hydrogen-bond donors (Lipinski definition) is 1. The van der Waals surface area contributed by atoms with Gasteiger partial charge in [-0.25, -0.2) is 9.97 Å². The van der Waals surface area contributed by atoms with Crippen LogP contribution in [0.5, 0.6) is 5.75 Å². The Morgan fingerprint density at radius 3 is 2.71 bits per heavy atom. The Hall–Kier alpha value is -2.89. The molecule has 0 bridgehead atoms. The van der Waals surface area contributed by atoms with Gasteiger partial charge in [0.2, 0.25) is 5.82 Å². The van der Waals surface area contributed by atoms with E-state index in [4.69, 9.17) is 4.74 Å². The van der Waals surface area contributed by atoms with Crippen molar-refractivity contribution in [3.8, 4) is 5.75 Å². The summed E-state index contributed by atoms with van der Waals surface area (Å²) in [6.07, 6.45) is 6.82. The predicted molar refractivity (Wildman–Crippen MR) is 89.9 cm³/mol. The van der Waals surface area contributed by atoms with Crippen LogP contribution in [-0.2, 0) is 0 Å². The van der Waals surface area contributed by atoms with E-state index in [1.807, 2.05) is 30.5 Å². The molecule has 0 atom stereocenters. The summed E-state index contributed by atoms with van der Waals surface area (Å²) in [5, 5.41) is 1.09. The van der Waals surface area contributed by atoms with Crippen molar-refractivity contribution < 1.29 is 9.53 Å². The van der Waals surface area contributed by atoms with E-state index in [-0.39, 0.29) is 17.8 Å². The normalized spacial score (nSPS) is 15.6. The molecule has 1 fully saturated rings. The minimum absolute atomic E-state index is 0.109. The molecule has 0 saturated carbocycles. The average molecular weight is 322 g/mol. The molecule has 3 aromatic rings. The molecular weight excluding hydrogens is 304 g/mol. The molecule has 0 unspecified atom stereocenters. The molecule has 0 radical (unpaired) electrons. The summed E-state index contributed by atoms with van der Waals surface area (Å²) in [4.78, 5) is 25.4. The van der Waals surface area contributed by atoms with Crippen LogP contribution in [0.3, 0.4) is 0 Å². The second kappa shape index (κ2) is 6.31. The molecule has 1 amide bonds. The minimum atomic E-state index is -0.109. The first-order valence-electron chi connectivity index (χ1n) is 8.10. The Bertz CT molecular complexity index is 838. The lowest BCUT2D eigenvalue weighted by molar-refractivity contribution is 0.0586. The van der Waals surface area contributed by atoms with Gasteiger partial charge in [-0.3, -0.25) is 4.79 Å². The number of piperidine rings is 1. The van der Waals surface area contributed by atoms with Crippen LogP contribution in [0.25, 0.3) is 10.9 Å². The van der Waals surface area contributed by atoms with E-state index in [1.54, 1.807) is 23.4 Å². The molecule has 1 N–H and O–H groups in total. The number of fused-ring (bicyclic) bond motifs is 1. The SMILES string of the molecule is O=C(c1ncccn1)N1CCC(Oc2cccc3[nH]ccc23)CC1. The lowest BCUT2D eigenvalue weighted by atomic mass is 10.1. The Labute approximate surface area is 139 Å². The Kier molecular flexibility index (Phi) is 3.86. The molecular formula is C18H18N4O2. The van der Waals surface area contributed by atoms with Crippen molar-refractivity contribution in [2.45, 2.75) is 18.9 Å². The molecule has 1 saturated heterocycles. The zero-order valence-electron chi connectivity index (χ0n) is 13.2. The van der Waals surface area contributed by atoms with Crippen LogP contribution in [0.4, 0.5) is 0 Å². The summed E-state index contributed by atoms with van der Waals surface area (Å²) in [5.41, 5.74) is 1.07. The summed E-state index contributed by atoms with van der Waals surface area (Å²) in [5.74, 6) is 1.04. The highest BCUT2D eigenvalue weighted by molar-refractivity contribution is 5.90. The van der Waals surface area contributed by atoms with E-state index < -0.39 is 0 Å². The number of rotatable bonds is 3. The van der Waals surface area contributed by atoms with Gasteiger partial charge in [0.25, 0.3) is 5.91 Å². The Morgan fingerprint density at radius 1 is 1.12 bits per heavy atom. The van der Waals surface area contributed by atoms with Crippen molar-refractivity contribution in [1.82, 2.24) is 19.9 Å². The molecule has 3 heterocycles. The van der Waals surface area contributed by atoms with Crippen molar-refractivity contribution >= 4 is 16.8 Å². The first kappa shape index (κ1) is 14.7. The van der Waals surface area contributed by atoms with Gasteiger partial charge in [-0.15, -0.1) is 0 Å². The number of aromatic amines is 1. The monoisotopic (exact) mass is 322 g/mol. The van der Waals surface area contributed by atoms with Crippen LogP contribution in [0, 0.1) is 0 Å². The van der Waals surface area contributed by atoms with Crippen molar-refractivity contribution in [2.75, 3.05) is 13.1 Å². The maximum absolute atomic E-state index is 12.4. The maximum Gasteiger partial charge on any atom is 0.291 e. The molecule has 1 aromatic carbocycles. The quantitative estimate of drug-likeness (QED) is 0.805. The van der Waals surface area contributed by atoms with Crippen LogP contribution in [-0.4, -0.2) is 45.0 Å². The van der Waals surface area contributed by atoms with Crippen LogP contribution >= 0.6 is 0 Å². The van der Waals surface area contributed by atoms with Gasteiger partial charge in [0.15, 0.2) is 0 Å². The second-order valence-corrected chi connectivity index (χ2v) is 5.88. The average Bonchev–Trinajstić information content (AvgIpc) is 3.12. The molecule has 6 heteroatoms. The van der Waals surface area contributed by atoms with Gasteiger partial charge in [0.1, 0.15) is 11.9 Å². The smallest absolute Gasteiger partial charge is 0.291 e. The van der Waals surface area contributed by atoms with Crippen LogP contribution in [0.15, 0.2) is 48.9 Å². The topological polar surface area (TPSA) is 71.1 Å². The van der Waals surface area contributed by atoms with Crippen LogP contribution < -0.4 is 4.74 Å². The number of aromatic nitrogens is 3. The number of carbonyl (C=O) groups excluding carboxylic acids is 1. The summed E-state index contributed by atoms with van der Waals surface area (Å²) in [7, 11) is 0. The summed E-state index contributed by atoms with van der Waals surface area (Å²) < 4.78 is 6.17. The molecule has 0 spiro atoms. The van der Waals surface area contributed by atoms with Crippen molar-refractivity contribution in [2.24, 2.45) is 0 Å². The fraction of sp³-hybridized carbons (Fsp3) is 0.278. The van der Waals surface area contributed by atoms with Crippen molar-refractivity contribution in [1.29, 1.82) is 0 Å².